The molecule has 2 aliphatic rings. The van der Waals surface area contributed by atoms with Crippen LogP contribution in [-0.2, 0) is 0 Å². The van der Waals surface area contributed by atoms with Gasteiger partial charge in [-0.05, 0) is 101 Å². The van der Waals surface area contributed by atoms with Crippen LogP contribution in [-0.4, -0.2) is 11.7 Å². The molecule has 222 valence electrons. The second kappa shape index (κ2) is 16.5. The van der Waals surface area contributed by atoms with Crippen molar-refractivity contribution in [2.75, 3.05) is 6.61 Å². The van der Waals surface area contributed by atoms with E-state index in [1.165, 1.54) is 64.7 Å². The summed E-state index contributed by atoms with van der Waals surface area (Å²) in [6.45, 7) is 20.3. The average molecular weight is 553 g/mol. The fraction of sp³-hybridized carbons (Fsp3) is 0.450. The Balaban J connectivity index is 1.90. The van der Waals surface area contributed by atoms with Crippen LogP contribution in [0.25, 0.3) is 0 Å². The summed E-state index contributed by atoms with van der Waals surface area (Å²) >= 11 is 0. The summed E-state index contributed by atoms with van der Waals surface area (Å²) in [6, 6.07) is 0. The van der Waals surface area contributed by atoms with Crippen molar-refractivity contribution in [1.29, 1.82) is 0 Å². The highest BCUT2D eigenvalue weighted by atomic mass is 16.3. The molecule has 0 saturated carbocycles. The topological polar surface area (TPSA) is 20.2 Å². The Morgan fingerprint density at radius 3 is 1.51 bits per heavy atom. The smallest absolute Gasteiger partial charge is 0.0647 e. The van der Waals surface area contributed by atoms with Gasteiger partial charge in [0, 0.05) is 0 Å². The summed E-state index contributed by atoms with van der Waals surface area (Å²) in [5, 5.41) is 9.77. The van der Waals surface area contributed by atoms with E-state index in [0.717, 1.165) is 12.8 Å². The van der Waals surface area contributed by atoms with Gasteiger partial charge in [0.2, 0.25) is 0 Å². The van der Waals surface area contributed by atoms with E-state index < -0.39 is 0 Å². The zero-order chi connectivity index (χ0) is 30.5. The van der Waals surface area contributed by atoms with Gasteiger partial charge in [-0.1, -0.05) is 141 Å². The average Bonchev–Trinajstić information content (AvgIpc) is 2.89. The van der Waals surface area contributed by atoms with E-state index in [4.69, 9.17) is 0 Å². The highest BCUT2D eigenvalue weighted by Crippen LogP contribution is 2.41. The molecule has 0 atom stereocenters. The van der Waals surface area contributed by atoms with E-state index in [2.05, 4.69) is 147 Å². The summed E-state index contributed by atoms with van der Waals surface area (Å²) in [5.74, 6) is 0. The molecular formula is C40H56O. The van der Waals surface area contributed by atoms with E-state index >= 15 is 0 Å². The third-order valence-electron chi connectivity index (χ3n) is 8.42. The Labute approximate surface area is 252 Å². The van der Waals surface area contributed by atoms with Gasteiger partial charge in [-0.25, -0.2) is 0 Å². The Hall–Kier alpha value is -2.90. The lowest BCUT2D eigenvalue weighted by atomic mass is 9.72. The van der Waals surface area contributed by atoms with Gasteiger partial charge in [0.25, 0.3) is 0 Å². The predicted octanol–water partition coefficient (Wildman–Crippen LogP) is 11.6. The quantitative estimate of drug-likeness (QED) is 0.253. The second-order valence-corrected chi connectivity index (χ2v) is 13.3. The molecule has 0 fully saturated rings. The molecule has 41 heavy (non-hydrogen) atoms. The molecule has 0 aliphatic heterocycles. The minimum absolute atomic E-state index is 0.132. The lowest BCUT2D eigenvalue weighted by molar-refractivity contribution is 0.299. The van der Waals surface area contributed by atoms with Crippen molar-refractivity contribution >= 4 is 0 Å². The maximum absolute atomic E-state index is 9.77. The summed E-state index contributed by atoms with van der Waals surface area (Å²) in [4.78, 5) is 0. The Bertz CT molecular complexity index is 1240. The number of rotatable bonds is 11. The van der Waals surface area contributed by atoms with E-state index in [-0.39, 0.29) is 17.4 Å². The summed E-state index contributed by atoms with van der Waals surface area (Å²) in [7, 11) is 0. The van der Waals surface area contributed by atoms with Gasteiger partial charge in [-0.15, -0.1) is 0 Å². The Morgan fingerprint density at radius 2 is 1.02 bits per heavy atom. The van der Waals surface area contributed by atoms with Crippen molar-refractivity contribution in [3.8, 4) is 0 Å². The molecular weight excluding hydrogens is 496 g/mol. The SMILES string of the molecule is CC1=C(/C=C/C(C)=C/C=C/C(C)=C/C=C/C=C(C)/C=C/C=C(C)/C=C/C2=C(CO)CCCC2(C)C)C(C)(C)CCC1. The van der Waals surface area contributed by atoms with Crippen molar-refractivity contribution < 1.29 is 5.11 Å². The molecule has 0 radical (unpaired) electrons. The van der Waals surface area contributed by atoms with Gasteiger partial charge < -0.3 is 5.11 Å². The number of hydrogen-bond donors (Lipinski definition) is 1. The molecule has 0 unspecified atom stereocenters. The standard InChI is InChI=1S/C40H56O/c1-31(18-12-20-33(3)24-26-37-35(5)22-14-28-39(37,6)7)16-10-11-17-32(2)19-13-21-34(4)25-27-38-36(30-41)23-15-29-40(38,8)9/h10-13,16-21,24-27,41H,14-15,22-23,28-30H2,1-9H3/b11-10+,18-12+,19-13+,26-24+,27-25+,31-16+,32-17+,33-20+,34-21+. The molecule has 1 heteroatoms. The number of allylic oxidation sites excluding steroid dienone is 21. The van der Waals surface area contributed by atoms with Crippen LogP contribution >= 0.6 is 0 Å². The van der Waals surface area contributed by atoms with Crippen molar-refractivity contribution in [1.82, 2.24) is 0 Å². The minimum atomic E-state index is 0.132. The first-order valence-electron chi connectivity index (χ1n) is 15.5. The van der Waals surface area contributed by atoms with Gasteiger partial charge in [0.15, 0.2) is 0 Å². The zero-order valence-electron chi connectivity index (χ0n) is 27.5. The number of hydrogen-bond acceptors (Lipinski definition) is 1. The zero-order valence-corrected chi connectivity index (χ0v) is 27.5. The highest BCUT2D eigenvalue weighted by molar-refractivity contribution is 5.39. The van der Waals surface area contributed by atoms with Gasteiger partial charge >= 0.3 is 0 Å². The predicted molar refractivity (Wildman–Crippen MR) is 183 cm³/mol. The van der Waals surface area contributed by atoms with Crippen LogP contribution < -0.4 is 0 Å². The highest BCUT2D eigenvalue weighted by Gasteiger charge is 2.28. The molecule has 1 N–H and O–H groups in total. The minimum Gasteiger partial charge on any atom is -0.392 e. The lowest BCUT2D eigenvalue weighted by Crippen LogP contribution is -2.21. The van der Waals surface area contributed by atoms with Crippen LogP contribution in [0, 0.1) is 10.8 Å². The molecule has 1 nitrogen and oxygen atoms in total. The largest absolute Gasteiger partial charge is 0.392 e. The van der Waals surface area contributed by atoms with Crippen molar-refractivity contribution in [2.24, 2.45) is 10.8 Å². The molecule has 0 aromatic rings. The number of aliphatic hydroxyl groups is 1. The van der Waals surface area contributed by atoms with E-state index in [9.17, 15) is 5.11 Å². The molecule has 0 aromatic heterocycles. The Morgan fingerprint density at radius 1 is 0.610 bits per heavy atom. The van der Waals surface area contributed by atoms with Crippen LogP contribution in [0.4, 0.5) is 0 Å². The first-order chi connectivity index (χ1) is 19.4. The van der Waals surface area contributed by atoms with E-state index in [0.29, 0.717) is 0 Å². The third-order valence-corrected chi connectivity index (χ3v) is 8.42. The van der Waals surface area contributed by atoms with Crippen LogP contribution in [0.1, 0.15) is 101 Å². The fourth-order valence-corrected chi connectivity index (χ4v) is 5.78. The molecule has 0 amide bonds. The van der Waals surface area contributed by atoms with Crippen molar-refractivity contribution in [3.05, 3.63) is 130 Å². The maximum Gasteiger partial charge on any atom is 0.0647 e. The van der Waals surface area contributed by atoms with Crippen molar-refractivity contribution in [2.45, 2.75) is 101 Å². The molecule has 0 heterocycles. The van der Waals surface area contributed by atoms with Gasteiger partial charge in [0.1, 0.15) is 0 Å². The fourth-order valence-electron chi connectivity index (χ4n) is 5.78. The third kappa shape index (κ3) is 11.9. The van der Waals surface area contributed by atoms with Gasteiger partial charge in [-0.2, -0.15) is 0 Å². The number of aliphatic hydroxyl groups excluding tert-OH is 1. The normalized spacial score (nSPS) is 21.7. The van der Waals surface area contributed by atoms with Gasteiger partial charge in [-0.3, -0.25) is 0 Å². The van der Waals surface area contributed by atoms with E-state index in [1.54, 1.807) is 5.57 Å². The monoisotopic (exact) mass is 552 g/mol. The van der Waals surface area contributed by atoms with Crippen molar-refractivity contribution in [3.63, 3.8) is 0 Å². The molecule has 0 spiro atoms. The van der Waals surface area contributed by atoms with E-state index in [1.807, 2.05) is 0 Å². The summed E-state index contributed by atoms with van der Waals surface area (Å²) in [6.07, 6.45) is 37.4. The molecule has 2 rings (SSSR count). The van der Waals surface area contributed by atoms with Crippen LogP contribution in [0.2, 0.25) is 0 Å². The molecule has 0 bridgehead atoms. The maximum atomic E-state index is 9.77. The summed E-state index contributed by atoms with van der Waals surface area (Å²) in [5.41, 5.74) is 10.8. The molecule has 0 aromatic carbocycles. The second-order valence-electron chi connectivity index (χ2n) is 13.3. The van der Waals surface area contributed by atoms with Gasteiger partial charge in [0.05, 0.1) is 6.61 Å². The van der Waals surface area contributed by atoms with Crippen LogP contribution in [0.15, 0.2) is 130 Å². The summed E-state index contributed by atoms with van der Waals surface area (Å²) < 4.78 is 0. The lowest BCUT2D eigenvalue weighted by Gasteiger charge is -2.33. The van der Waals surface area contributed by atoms with Crippen LogP contribution in [0.5, 0.6) is 0 Å². The Kier molecular flexibility index (Phi) is 13.8. The first kappa shape index (κ1) is 34.3. The molecule has 0 saturated heterocycles. The first-order valence-corrected chi connectivity index (χ1v) is 15.5. The molecule has 2 aliphatic carbocycles. The van der Waals surface area contributed by atoms with Crippen LogP contribution in [0.3, 0.4) is 0 Å².